The van der Waals surface area contributed by atoms with Gasteiger partial charge < -0.3 is 16.0 Å². The fourth-order valence-corrected chi connectivity index (χ4v) is 2.46. The molecule has 2 aliphatic heterocycles. The number of imide groups is 1. The zero-order chi connectivity index (χ0) is 13.4. The number of nitrogens with zero attached hydrogens (tertiary/aromatic N) is 1. The predicted molar refractivity (Wildman–Crippen MR) is 68.2 cm³/mol. The van der Waals surface area contributed by atoms with Gasteiger partial charge in [-0.15, -0.1) is 0 Å². The number of amides is 3. The monoisotopic (exact) mass is 254 g/mol. The van der Waals surface area contributed by atoms with Gasteiger partial charge in [-0.2, -0.15) is 0 Å². The van der Waals surface area contributed by atoms with Crippen LogP contribution in [0.1, 0.15) is 27.2 Å². The van der Waals surface area contributed by atoms with Gasteiger partial charge in [0.05, 0.1) is 0 Å². The van der Waals surface area contributed by atoms with Gasteiger partial charge in [0.1, 0.15) is 5.54 Å². The standard InChI is InChI=1S/C12H22N4O2/c1-11(2)9(17)16(10(18)15-11)7-6-14-12(3)4-5-13-8-12/h13-14H,4-8H2,1-3H3,(H,15,18). The number of nitrogens with one attached hydrogen (secondary N) is 3. The van der Waals surface area contributed by atoms with E-state index in [0.29, 0.717) is 13.1 Å². The number of rotatable bonds is 4. The molecule has 2 heterocycles. The summed E-state index contributed by atoms with van der Waals surface area (Å²) in [7, 11) is 0. The molecule has 18 heavy (non-hydrogen) atoms. The lowest BCUT2D eigenvalue weighted by Gasteiger charge is -2.25. The van der Waals surface area contributed by atoms with E-state index in [1.165, 1.54) is 4.90 Å². The normalized spacial score (nSPS) is 30.9. The fourth-order valence-electron chi connectivity index (χ4n) is 2.46. The number of hydrogen-bond donors (Lipinski definition) is 3. The van der Waals surface area contributed by atoms with Gasteiger partial charge in [-0.25, -0.2) is 4.79 Å². The Balaban J connectivity index is 1.84. The maximum Gasteiger partial charge on any atom is 0.325 e. The van der Waals surface area contributed by atoms with Gasteiger partial charge in [0.25, 0.3) is 5.91 Å². The molecule has 6 heteroatoms. The van der Waals surface area contributed by atoms with E-state index in [0.717, 1.165) is 19.5 Å². The van der Waals surface area contributed by atoms with Gasteiger partial charge in [0.2, 0.25) is 0 Å². The Labute approximate surface area is 107 Å². The average Bonchev–Trinajstić information content (AvgIpc) is 2.76. The van der Waals surface area contributed by atoms with Crippen molar-refractivity contribution in [3.8, 4) is 0 Å². The molecule has 2 aliphatic rings. The average molecular weight is 254 g/mol. The molecule has 102 valence electrons. The summed E-state index contributed by atoms with van der Waals surface area (Å²) in [5, 5.41) is 9.39. The van der Waals surface area contributed by atoms with Gasteiger partial charge in [-0.3, -0.25) is 9.69 Å². The van der Waals surface area contributed by atoms with Gasteiger partial charge in [0, 0.05) is 25.2 Å². The molecule has 3 amide bonds. The largest absolute Gasteiger partial charge is 0.325 e. The Hall–Kier alpha value is -1.14. The van der Waals surface area contributed by atoms with Crippen LogP contribution < -0.4 is 16.0 Å². The second kappa shape index (κ2) is 4.51. The van der Waals surface area contributed by atoms with Crippen molar-refractivity contribution in [1.29, 1.82) is 0 Å². The van der Waals surface area contributed by atoms with E-state index in [2.05, 4.69) is 22.9 Å². The van der Waals surface area contributed by atoms with Gasteiger partial charge in [-0.1, -0.05) is 0 Å². The summed E-state index contributed by atoms with van der Waals surface area (Å²) in [5.74, 6) is -0.149. The number of carbonyl (C=O) groups is 2. The molecule has 0 spiro atoms. The highest BCUT2D eigenvalue weighted by molar-refractivity contribution is 6.06. The van der Waals surface area contributed by atoms with Crippen LogP contribution in [0.5, 0.6) is 0 Å². The smallest absolute Gasteiger partial charge is 0.324 e. The van der Waals surface area contributed by atoms with Crippen molar-refractivity contribution >= 4 is 11.9 Å². The SMILES string of the molecule is CC1(NCCN2C(=O)NC(C)(C)C2=O)CCNC1. The van der Waals surface area contributed by atoms with Crippen molar-refractivity contribution in [3.05, 3.63) is 0 Å². The topological polar surface area (TPSA) is 73.5 Å². The second-order valence-electron chi connectivity index (χ2n) is 5.93. The zero-order valence-electron chi connectivity index (χ0n) is 11.3. The highest BCUT2D eigenvalue weighted by Crippen LogP contribution is 2.16. The molecule has 0 aromatic heterocycles. The third-order valence-corrected chi connectivity index (χ3v) is 3.70. The van der Waals surface area contributed by atoms with Crippen molar-refractivity contribution in [2.45, 2.75) is 38.3 Å². The maximum atomic E-state index is 11.9. The molecule has 0 aliphatic carbocycles. The van der Waals surface area contributed by atoms with Crippen molar-refractivity contribution in [2.75, 3.05) is 26.2 Å². The quantitative estimate of drug-likeness (QED) is 0.600. The maximum absolute atomic E-state index is 11.9. The van der Waals surface area contributed by atoms with Crippen LogP contribution in [0, 0.1) is 0 Å². The van der Waals surface area contributed by atoms with E-state index in [9.17, 15) is 9.59 Å². The number of hydrogen-bond acceptors (Lipinski definition) is 4. The van der Waals surface area contributed by atoms with E-state index in [1.54, 1.807) is 13.8 Å². The predicted octanol–water partition coefficient (Wildman–Crippen LogP) is -0.342. The first kappa shape index (κ1) is 13.3. The molecule has 0 aromatic carbocycles. The lowest BCUT2D eigenvalue weighted by Crippen LogP contribution is -2.48. The molecule has 0 bridgehead atoms. The Morgan fingerprint density at radius 3 is 2.56 bits per heavy atom. The Kier molecular flexibility index (Phi) is 3.33. The van der Waals surface area contributed by atoms with Crippen molar-refractivity contribution in [3.63, 3.8) is 0 Å². The highest BCUT2D eigenvalue weighted by Gasteiger charge is 2.44. The third-order valence-electron chi connectivity index (χ3n) is 3.70. The Morgan fingerprint density at radius 1 is 1.33 bits per heavy atom. The summed E-state index contributed by atoms with van der Waals surface area (Å²) >= 11 is 0. The molecular weight excluding hydrogens is 232 g/mol. The van der Waals surface area contributed by atoms with Crippen LogP contribution in [0.2, 0.25) is 0 Å². The molecule has 2 fully saturated rings. The summed E-state index contributed by atoms with van der Waals surface area (Å²) < 4.78 is 0. The van der Waals surface area contributed by atoms with E-state index in [1.807, 2.05) is 0 Å². The highest BCUT2D eigenvalue weighted by atomic mass is 16.2. The summed E-state index contributed by atoms with van der Waals surface area (Å²) in [6.45, 7) is 8.60. The van der Waals surface area contributed by atoms with E-state index in [4.69, 9.17) is 0 Å². The lowest BCUT2D eigenvalue weighted by molar-refractivity contribution is -0.130. The van der Waals surface area contributed by atoms with Crippen LogP contribution in [-0.4, -0.2) is 54.1 Å². The minimum atomic E-state index is -0.768. The molecule has 2 saturated heterocycles. The molecule has 1 atom stereocenters. The summed E-state index contributed by atoms with van der Waals surface area (Å²) in [5.41, 5.74) is -0.690. The van der Waals surface area contributed by atoms with E-state index < -0.39 is 5.54 Å². The first-order chi connectivity index (χ1) is 8.34. The van der Waals surface area contributed by atoms with Crippen molar-refractivity contribution in [2.24, 2.45) is 0 Å². The van der Waals surface area contributed by atoms with Gasteiger partial charge >= 0.3 is 6.03 Å². The molecule has 1 unspecified atom stereocenters. The second-order valence-corrected chi connectivity index (χ2v) is 5.93. The fraction of sp³-hybridized carbons (Fsp3) is 0.833. The third kappa shape index (κ3) is 2.49. The van der Waals surface area contributed by atoms with Gasteiger partial charge in [-0.05, 0) is 33.7 Å². The van der Waals surface area contributed by atoms with Crippen LogP contribution in [0.15, 0.2) is 0 Å². The molecule has 0 radical (unpaired) electrons. The summed E-state index contributed by atoms with van der Waals surface area (Å²) in [4.78, 5) is 24.9. The first-order valence-electron chi connectivity index (χ1n) is 6.44. The number of carbonyl (C=O) groups excluding carboxylic acids is 2. The molecule has 6 nitrogen and oxygen atoms in total. The molecule has 0 aromatic rings. The molecule has 3 N–H and O–H groups in total. The molecule has 2 rings (SSSR count). The number of urea groups is 1. The molecular formula is C12H22N4O2. The van der Waals surface area contributed by atoms with E-state index >= 15 is 0 Å². The summed E-state index contributed by atoms with van der Waals surface area (Å²) in [6.07, 6.45) is 1.07. The van der Waals surface area contributed by atoms with Crippen LogP contribution in [0.3, 0.4) is 0 Å². The lowest BCUT2D eigenvalue weighted by atomic mass is 10.0. The first-order valence-corrected chi connectivity index (χ1v) is 6.44. The Bertz CT molecular complexity index is 361. The Morgan fingerprint density at radius 2 is 2.06 bits per heavy atom. The molecule has 0 saturated carbocycles. The minimum absolute atomic E-state index is 0.0781. The summed E-state index contributed by atoms with van der Waals surface area (Å²) in [6, 6.07) is -0.290. The van der Waals surface area contributed by atoms with Crippen LogP contribution in [0.25, 0.3) is 0 Å². The zero-order valence-corrected chi connectivity index (χ0v) is 11.3. The van der Waals surface area contributed by atoms with Crippen molar-refractivity contribution < 1.29 is 9.59 Å². The van der Waals surface area contributed by atoms with Crippen LogP contribution >= 0.6 is 0 Å². The van der Waals surface area contributed by atoms with E-state index in [-0.39, 0.29) is 17.5 Å². The van der Waals surface area contributed by atoms with Crippen LogP contribution in [0.4, 0.5) is 4.79 Å². The minimum Gasteiger partial charge on any atom is -0.324 e. The van der Waals surface area contributed by atoms with Crippen molar-refractivity contribution in [1.82, 2.24) is 20.9 Å². The van der Waals surface area contributed by atoms with Crippen LogP contribution in [-0.2, 0) is 4.79 Å². The van der Waals surface area contributed by atoms with Gasteiger partial charge in [0.15, 0.2) is 0 Å².